The maximum atomic E-state index is 5.51. The van der Waals surface area contributed by atoms with E-state index in [-0.39, 0.29) is 5.41 Å². The van der Waals surface area contributed by atoms with Crippen LogP contribution in [-0.4, -0.2) is 20.3 Å². The van der Waals surface area contributed by atoms with Crippen LogP contribution in [0.3, 0.4) is 0 Å². The molecule has 96 valence electrons. The summed E-state index contributed by atoms with van der Waals surface area (Å²) < 4.78 is 5.26. The molecule has 0 spiro atoms. The molecule has 0 amide bonds. The highest BCUT2D eigenvalue weighted by Crippen LogP contribution is 2.31. The fourth-order valence-electron chi connectivity index (χ4n) is 1.93. The smallest absolute Gasteiger partial charge is 0.0684 e. The second kappa shape index (κ2) is 6.77. The van der Waals surface area contributed by atoms with E-state index in [0.717, 1.165) is 19.4 Å². The highest BCUT2D eigenvalue weighted by molar-refractivity contribution is 5.35. The summed E-state index contributed by atoms with van der Waals surface area (Å²) >= 11 is 0. The molecular weight excluding hydrogens is 210 g/mol. The van der Waals surface area contributed by atoms with Crippen molar-refractivity contribution in [2.45, 2.75) is 33.1 Å². The Hall–Kier alpha value is -0.860. The minimum atomic E-state index is 0.0854. The summed E-state index contributed by atoms with van der Waals surface area (Å²) in [5.41, 5.74) is 8.31. The molecule has 1 aliphatic carbocycles. The summed E-state index contributed by atoms with van der Waals surface area (Å²) in [5.74, 6) is 0. The molecule has 0 saturated heterocycles. The van der Waals surface area contributed by atoms with Crippen LogP contribution in [0, 0.1) is 5.41 Å². The molecule has 1 rings (SSSR count). The molecule has 0 atom stereocenters. The zero-order valence-electron chi connectivity index (χ0n) is 11.3. The number of methoxy groups -OCH3 is 1. The van der Waals surface area contributed by atoms with Crippen molar-refractivity contribution in [2.24, 2.45) is 11.1 Å². The minimum absolute atomic E-state index is 0.0854. The first-order chi connectivity index (χ1) is 8.10. The van der Waals surface area contributed by atoms with Gasteiger partial charge in [0.15, 0.2) is 0 Å². The van der Waals surface area contributed by atoms with E-state index in [1.165, 1.54) is 17.6 Å². The van der Waals surface area contributed by atoms with Crippen LogP contribution in [0.1, 0.15) is 33.1 Å². The van der Waals surface area contributed by atoms with Crippen molar-refractivity contribution in [3.63, 3.8) is 0 Å². The Bertz CT molecular complexity index is 324. The van der Waals surface area contributed by atoms with Gasteiger partial charge in [-0.2, -0.15) is 0 Å². The SMILES string of the molecule is COCC1=CC=C(CCCCN)C=CC1(C)C. The van der Waals surface area contributed by atoms with E-state index in [9.17, 15) is 0 Å². The van der Waals surface area contributed by atoms with Crippen LogP contribution in [-0.2, 0) is 4.74 Å². The zero-order valence-corrected chi connectivity index (χ0v) is 11.3. The summed E-state index contributed by atoms with van der Waals surface area (Å²) in [6.45, 7) is 5.94. The zero-order chi connectivity index (χ0) is 12.7. The van der Waals surface area contributed by atoms with Crippen LogP contribution in [0.4, 0.5) is 0 Å². The molecule has 0 unspecified atom stereocenters. The highest BCUT2D eigenvalue weighted by atomic mass is 16.5. The van der Waals surface area contributed by atoms with Crippen LogP contribution in [0.25, 0.3) is 0 Å². The van der Waals surface area contributed by atoms with Crippen molar-refractivity contribution in [1.29, 1.82) is 0 Å². The Labute approximate surface area is 105 Å². The highest BCUT2D eigenvalue weighted by Gasteiger charge is 2.20. The average molecular weight is 235 g/mol. The van der Waals surface area contributed by atoms with E-state index in [1.807, 2.05) is 0 Å². The largest absolute Gasteiger partial charge is 0.380 e. The van der Waals surface area contributed by atoms with Crippen molar-refractivity contribution in [3.05, 3.63) is 35.5 Å². The topological polar surface area (TPSA) is 35.2 Å². The van der Waals surface area contributed by atoms with Gasteiger partial charge in [-0.1, -0.05) is 38.2 Å². The van der Waals surface area contributed by atoms with Crippen LogP contribution < -0.4 is 5.73 Å². The Morgan fingerprint density at radius 1 is 1.24 bits per heavy atom. The van der Waals surface area contributed by atoms with Gasteiger partial charge >= 0.3 is 0 Å². The number of hydrogen-bond donors (Lipinski definition) is 1. The molecule has 0 aliphatic heterocycles. The van der Waals surface area contributed by atoms with Crippen LogP contribution in [0.15, 0.2) is 35.5 Å². The molecule has 2 nitrogen and oxygen atoms in total. The van der Waals surface area contributed by atoms with Gasteiger partial charge in [0.1, 0.15) is 0 Å². The van der Waals surface area contributed by atoms with Gasteiger partial charge < -0.3 is 10.5 Å². The van der Waals surface area contributed by atoms with E-state index in [1.54, 1.807) is 7.11 Å². The van der Waals surface area contributed by atoms with Crippen molar-refractivity contribution in [3.8, 4) is 0 Å². The van der Waals surface area contributed by atoms with Gasteiger partial charge in [-0.3, -0.25) is 0 Å². The summed E-state index contributed by atoms with van der Waals surface area (Å²) in [4.78, 5) is 0. The fourth-order valence-corrected chi connectivity index (χ4v) is 1.93. The number of unbranched alkanes of at least 4 members (excludes halogenated alkanes) is 1. The van der Waals surface area contributed by atoms with Gasteiger partial charge in [-0.25, -0.2) is 0 Å². The molecule has 17 heavy (non-hydrogen) atoms. The summed E-state index contributed by atoms with van der Waals surface area (Å²) in [5, 5.41) is 0. The maximum Gasteiger partial charge on any atom is 0.0684 e. The first-order valence-electron chi connectivity index (χ1n) is 6.38. The molecule has 0 aromatic heterocycles. The van der Waals surface area contributed by atoms with E-state index in [2.05, 4.69) is 38.2 Å². The lowest BCUT2D eigenvalue weighted by atomic mass is 9.84. The second-order valence-electron chi connectivity index (χ2n) is 5.17. The lowest BCUT2D eigenvalue weighted by Crippen LogP contribution is -2.14. The third-order valence-corrected chi connectivity index (χ3v) is 3.26. The van der Waals surface area contributed by atoms with Crippen molar-refractivity contribution >= 4 is 0 Å². The number of hydrogen-bond acceptors (Lipinski definition) is 2. The molecule has 0 radical (unpaired) electrons. The van der Waals surface area contributed by atoms with Crippen molar-refractivity contribution in [2.75, 3.05) is 20.3 Å². The minimum Gasteiger partial charge on any atom is -0.380 e. The molecular formula is C15H25NO. The number of nitrogens with two attached hydrogens (primary N) is 1. The number of ether oxygens (including phenoxy) is 1. The Balaban J connectivity index is 2.71. The molecule has 0 bridgehead atoms. The monoisotopic (exact) mass is 235 g/mol. The van der Waals surface area contributed by atoms with Crippen LogP contribution in [0.2, 0.25) is 0 Å². The Morgan fingerprint density at radius 3 is 2.65 bits per heavy atom. The molecule has 0 fully saturated rings. The van der Waals surface area contributed by atoms with Gasteiger partial charge in [0.05, 0.1) is 6.61 Å². The lowest BCUT2D eigenvalue weighted by Gasteiger charge is -2.23. The summed E-state index contributed by atoms with van der Waals surface area (Å²) in [6.07, 6.45) is 12.3. The predicted molar refractivity (Wildman–Crippen MR) is 73.9 cm³/mol. The second-order valence-corrected chi connectivity index (χ2v) is 5.17. The van der Waals surface area contributed by atoms with E-state index < -0.39 is 0 Å². The Kier molecular flexibility index (Phi) is 5.66. The summed E-state index contributed by atoms with van der Waals surface area (Å²) in [6, 6.07) is 0. The molecule has 2 N–H and O–H groups in total. The standard InChI is InChI=1S/C15H25NO/c1-15(2)10-9-13(6-4-5-11-16)7-8-14(15)12-17-3/h7-10H,4-6,11-12,16H2,1-3H3. The molecule has 0 aromatic rings. The molecule has 0 saturated carbocycles. The lowest BCUT2D eigenvalue weighted by molar-refractivity contribution is 0.211. The van der Waals surface area contributed by atoms with Crippen LogP contribution in [0.5, 0.6) is 0 Å². The van der Waals surface area contributed by atoms with E-state index in [0.29, 0.717) is 6.61 Å². The fraction of sp³-hybridized carbons (Fsp3) is 0.600. The van der Waals surface area contributed by atoms with Crippen LogP contribution >= 0.6 is 0 Å². The van der Waals surface area contributed by atoms with Crippen molar-refractivity contribution < 1.29 is 4.74 Å². The quantitative estimate of drug-likeness (QED) is 0.717. The van der Waals surface area contributed by atoms with Crippen molar-refractivity contribution in [1.82, 2.24) is 0 Å². The van der Waals surface area contributed by atoms with Gasteiger partial charge in [0, 0.05) is 12.5 Å². The third-order valence-electron chi connectivity index (χ3n) is 3.26. The third kappa shape index (κ3) is 4.49. The first-order valence-corrected chi connectivity index (χ1v) is 6.38. The summed E-state index contributed by atoms with van der Waals surface area (Å²) in [7, 11) is 1.75. The van der Waals surface area contributed by atoms with E-state index >= 15 is 0 Å². The van der Waals surface area contributed by atoms with Gasteiger partial charge in [-0.05, 0) is 37.0 Å². The number of allylic oxidation sites excluding steroid dienone is 5. The van der Waals surface area contributed by atoms with E-state index in [4.69, 9.17) is 10.5 Å². The van der Waals surface area contributed by atoms with Gasteiger partial charge in [-0.15, -0.1) is 0 Å². The normalized spacial score (nSPS) is 18.6. The molecule has 0 heterocycles. The van der Waals surface area contributed by atoms with Gasteiger partial charge in [0.25, 0.3) is 0 Å². The average Bonchev–Trinajstić information content (AvgIpc) is 2.42. The molecule has 1 aliphatic rings. The molecule has 2 heteroatoms. The first kappa shape index (κ1) is 14.2. The molecule has 0 aromatic carbocycles. The maximum absolute atomic E-state index is 5.51. The number of rotatable bonds is 6. The predicted octanol–water partition coefficient (Wildman–Crippen LogP) is 3.21. The van der Waals surface area contributed by atoms with Gasteiger partial charge in [0.2, 0.25) is 0 Å². The Morgan fingerprint density at radius 2 is 2.00 bits per heavy atom.